The molecule has 4 heterocycles. The number of aromatic nitrogens is 4. The SMILES string of the molecule is COC(=O)N(C)[C@H](C(=O)N1C[C@@H](C)C[C@H]1c1nc2ccc(-c3ccc(-c4ccc5nc([C@@H]6C[C@H](C)CN6C(=O)[C@H](C(C)C)N(C)C(=O)OC)[nH]c5c4)c(C)c3)cc2[nH]1)C(C)C. The predicted molar refractivity (Wildman–Crippen MR) is 235 cm³/mol. The molecular weight excluding hydrogens is 773 g/mol. The number of likely N-dealkylation sites (tertiary alicyclic amines) is 2. The lowest BCUT2D eigenvalue weighted by atomic mass is 9.95. The largest absolute Gasteiger partial charge is 0.453 e. The van der Waals surface area contributed by atoms with Crippen LogP contribution in [0, 0.1) is 30.6 Å². The van der Waals surface area contributed by atoms with Crippen LogP contribution < -0.4 is 0 Å². The number of fused-ring (bicyclic) bond motifs is 2. The molecule has 0 spiro atoms. The topological polar surface area (TPSA) is 157 Å². The van der Waals surface area contributed by atoms with Crippen LogP contribution >= 0.6 is 0 Å². The van der Waals surface area contributed by atoms with Gasteiger partial charge in [-0.05, 0) is 95.5 Å². The summed E-state index contributed by atoms with van der Waals surface area (Å²) < 4.78 is 9.91. The first-order valence-electron chi connectivity index (χ1n) is 21.3. The number of aromatic amines is 2. The molecule has 2 aromatic heterocycles. The number of nitrogens with one attached hydrogen (secondary N) is 2. The molecule has 0 unspecified atom stereocenters. The van der Waals surface area contributed by atoms with Gasteiger partial charge in [0.25, 0.3) is 0 Å². The van der Waals surface area contributed by atoms with Crippen LogP contribution in [-0.4, -0.2) is 117 Å². The lowest BCUT2D eigenvalue weighted by molar-refractivity contribution is -0.139. The molecule has 2 fully saturated rings. The first-order valence-corrected chi connectivity index (χ1v) is 21.3. The maximum atomic E-state index is 14.1. The number of ether oxygens (including phenoxy) is 2. The van der Waals surface area contributed by atoms with E-state index in [0.717, 1.165) is 74.4 Å². The second-order valence-electron chi connectivity index (χ2n) is 18.0. The number of methoxy groups -OCH3 is 2. The number of benzene rings is 3. The Morgan fingerprint density at radius 2 is 1.07 bits per heavy atom. The van der Waals surface area contributed by atoms with Gasteiger partial charge in [-0.1, -0.05) is 71.9 Å². The van der Waals surface area contributed by atoms with Crippen molar-refractivity contribution in [1.29, 1.82) is 0 Å². The Morgan fingerprint density at radius 1 is 0.656 bits per heavy atom. The molecule has 0 radical (unpaired) electrons. The average Bonchev–Trinajstić information content (AvgIpc) is 4.03. The zero-order chi connectivity index (χ0) is 44.0. The summed E-state index contributed by atoms with van der Waals surface area (Å²) in [7, 11) is 5.88. The van der Waals surface area contributed by atoms with Crippen LogP contribution in [0.25, 0.3) is 44.3 Å². The van der Waals surface area contributed by atoms with E-state index in [9.17, 15) is 19.2 Å². The second kappa shape index (κ2) is 17.2. The molecule has 14 nitrogen and oxygen atoms in total. The minimum Gasteiger partial charge on any atom is -0.453 e. The van der Waals surface area contributed by atoms with Crippen molar-refractivity contribution < 1.29 is 28.7 Å². The van der Waals surface area contributed by atoms with Crippen molar-refractivity contribution >= 4 is 46.1 Å². The van der Waals surface area contributed by atoms with Crippen LogP contribution in [0.4, 0.5) is 9.59 Å². The summed E-state index contributed by atoms with van der Waals surface area (Å²) in [5.74, 6) is 1.60. The van der Waals surface area contributed by atoms with Gasteiger partial charge in [0.15, 0.2) is 0 Å². The van der Waals surface area contributed by atoms with Gasteiger partial charge in [0.05, 0.1) is 48.4 Å². The number of nitrogens with zero attached hydrogens (tertiary/aromatic N) is 6. The summed E-state index contributed by atoms with van der Waals surface area (Å²) >= 11 is 0. The van der Waals surface area contributed by atoms with E-state index in [2.05, 4.69) is 73.2 Å². The van der Waals surface area contributed by atoms with Crippen molar-refractivity contribution in [2.75, 3.05) is 41.4 Å². The van der Waals surface area contributed by atoms with Crippen LogP contribution in [0.2, 0.25) is 0 Å². The van der Waals surface area contributed by atoms with Gasteiger partial charge in [0.1, 0.15) is 23.7 Å². The molecule has 0 saturated carbocycles. The van der Waals surface area contributed by atoms with E-state index in [0.29, 0.717) is 13.1 Å². The van der Waals surface area contributed by atoms with Gasteiger partial charge in [-0.25, -0.2) is 19.6 Å². The number of aryl methyl sites for hydroxylation is 1. The molecule has 2 aliphatic heterocycles. The van der Waals surface area contributed by atoms with Crippen molar-refractivity contribution in [2.24, 2.45) is 23.7 Å². The molecule has 14 heteroatoms. The molecule has 61 heavy (non-hydrogen) atoms. The van der Waals surface area contributed by atoms with E-state index in [1.54, 1.807) is 14.1 Å². The fourth-order valence-corrected chi connectivity index (χ4v) is 9.64. The normalized spacial score (nSPS) is 20.1. The third-order valence-electron chi connectivity index (χ3n) is 12.6. The highest BCUT2D eigenvalue weighted by atomic mass is 16.5. The number of carbonyl (C=O) groups excluding carboxylic acids is 4. The van der Waals surface area contributed by atoms with E-state index in [1.165, 1.54) is 24.0 Å². The monoisotopic (exact) mass is 832 g/mol. The van der Waals surface area contributed by atoms with Gasteiger partial charge in [-0.2, -0.15) is 0 Å². The van der Waals surface area contributed by atoms with Crippen LogP contribution in [0.3, 0.4) is 0 Å². The summed E-state index contributed by atoms with van der Waals surface area (Å²) in [5, 5.41) is 0. The zero-order valence-electron chi connectivity index (χ0n) is 37.3. The molecule has 2 saturated heterocycles. The number of imidazole rings is 2. The highest BCUT2D eigenvalue weighted by Gasteiger charge is 2.43. The first-order chi connectivity index (χ1) is 29.0. The average molecular weight is 833 g/mol. The molecule has 2 aliphatic rings. The maximum Gasteiger partial charge on any atom is 0.409 e. The lowest BCUT2D eigenvalue weighted by Gasteiger charge is -2.34. The number of likely N-dealkylation sites (N-methyl/N-ethyl adjacent to an activating group) is 2. The standard InChI is InChI=1S/C47H60N8O6/c1-25(2)40(52(8)46(58)60-10)44(56)54-23-27(5)18-38(54)42-48-34-16-13-31(21-36(34)50-42)30-12-15-33(29(7)20-30)32-14-17-35-37(22-32)51-43(49-35)39-19-28(6)24-55(39)45(57)41(26(3)4)53(9)47(59)61-11/h12-17,20-22,25-28,38-41H,18-19,23-24H2,1-11H3,(H,48,50)(H,49,51)/t27-,28-,38-,39-,40-,41-/m0/s1. The maximum absolute atomic E-state index is 14.1. The number of hydrogen-bond acceptors (Lipinski definition) is 8. The Balaban J connectivity index is 1.11. The first kappa shape index (κ1) is 43.2. The Morgan fingerprint density at radius 3 is 1.49 bits per heavy atom. The molecule has 0 bridgehead atoms. The van der Waals surface area contributed by atoms with Gasteiger partial charge >= 0.3 is 12.2 Å². The van der Waals surface area contributed by atoms with Crippen molar-refractivity contribution in [2.45, 2.75) is 85.5 Å². The van der Waals surface area contributed by atoms with Crippen LogP contribution in [-0.2, 0) is 19.1 Å². The lowest BCUT2D eigenvalue weighted by Crippen LogP contribution is -2.52. The quantitative estimate of drug-likeness (QED) is 0.142. The summed E-state index contributed by atoms with van der Waals surface area (Å²) in [6.45, 7) is 15.3. The van der Waals surface area contributed by atoms with E-state index in [-0.39, 0.29) is 47.6 Å². The smallest absolute Gasteiger partial charge is 0.409 e. The van der Waals surface area contributed by atoms with Crippen LogP contribution in [0.5, 0.6) is 0 Å². The Bertz CT molecular complexity index is 2460. The van der Waals surface area contributed by atoms with Crippen LogP contribution in [0.15, 0.2) is 54.6 Å². The van der Waals surface area contributed by atoms with Crippen LogP contribution in [0.1, 0.15) is 83.7 Å². The van der Waals surface area contributed by atoms with Gasteiger partial charge < -0.3 is 29.2 Å². The van der Waals surface area contributed by atoms with Crippen molar-refractivity contribution in [1.82, 2.24) is 39.5 Å². The number of hydrogen-bond donors (Lipinski definition) is 2. The molecule has 3 aromatic carbocycles. The van der Waals surface area contributed by atoms with E-state index < -0.39 is 24.3 Å². The van der Waals surface area contributed by atoms with Crippen molar-refractivity contribution in [3.8, 4) is 22.3 Å². The Kier molecular flexibility index (Phi) is 12.2. The molecule has 0 aliphatic carbocycles. The minimum absolute atomic E-state index is 0.106. The zero-order valence-corrected chi connectivity index (χ0v) is 37.3. The minimum atomic E-state index is -0.656. The fraction of sp³-hybridized carbons (Fsp3) is 0.489. The summed E-state index contributed by atoms with van der Waals surface area (Å²) in [6, 6.07) is 17.1. The fourth-order valence-electron chi connectivity index (χ4n) is 9.64. The highest BCUT2D eigenvalue weighted by molar-refractivity contribution is 5.89. The number of carbonyl (C=O) groups is 4. The molecule has 324 valence electrons. The summed E-state index contributed by atoms with van der Waals surface area (Å²) in [4.78, 5) is 76.6. The predicted octanol–water partition coefficient (Wildman–Crippen LogP) is 8.35. The molecular formula is C47H60N8O6. The van der Waals surface area contributed by atoms with Gasteiger partial charge in [-0.15, -0.1) is 0 Å². The third kappa shape index (κ3) is 8.28. The molecule has 2 N–H and O–H groups in total. The number of amides is 4. The second-order valence-corrected chi connectivity index (χ2v) is 18.0. The Hall–Kier alpha value is -5.92. The van der Waals surface area contributed by atoms with E-state index in [1.807, 2.05) is 49.6 Å². The summed E-state index contributed by atoms with van der Waals surface area (Å²) in [5.41, 5.74) is 8.81. The number of H-pyrrole nitrogens is 2. The van der Waals surface area contributed by atoms with E-state index in [4.69, 9.17) is 19.4 Å². The molecule has 5 aromatic rings. The van der Waals surface area contributed by atoms with Crippen molar-refractivity contribution in [3.63, 3.8) is 0 Å². The van der Waals surface area contributed by atoms with Gasteiger partial charge in [-0.3, -0.25) is 19.4 Å². The molecule has 6 atom stereocenters. The Labute approximate surface area is 358 Å². The van der Waals surface area contributed by atoms with Crippen molar-refractivity contribution in [3.05, 3.63) is 71.8 Å². The number of rotatable bonds is 10. The van der Waals surface area contributed by atoms with Gasteiger partial charge in [0, 0.05) is 27.2 Å². The van der Waals surface area contributed by atoms with E-state index >= 15 is 0 Å². The summed E-state index contributed by atoms with van der Waals surface area (Å²) in [6.07, 6.45) is 0.460. The highest BCUT2D eigenvalue weighted by Crippen LogP contribution is 2.39. The van der Waals surface area contributed by atoms with Gasteiger partial charge in [0.2, 0.25) is 11.8 Å². The molecule has 4 amide bonds. The molecule has 7 rings (SSSR count). The third-order valence-corrected chi connectivity index (χ3v) is 12.6.